The zero-order chi connectivity index (χ0) is 56.4. The molecule has 2 aliphatic rings. The molecular weight excluding hydrogens is 993 g/mol. The fraction of sp³-hybridized carbons (Fsp3) is 0.286. The SMILES string of the molecule is CC(C)c1cccc(C(C)C)c1NC(=O)Nc1ccc(C2C=CC=C(c3ccc(OCCOCCOCCOc4ccc(C5=CC(c6ccc(NC(=O)Nc7c(C(C)C)cccc7C(C)C)cc6)C=CC=C5)cc4)cc3)C=C2)cc1. The number of para-hydroxylation sites is 2. The molecule has 6 aromatic rings. The number of nitrogens with one attached hydrogen (secondary N) is 4. The molecule has 0 aromatic heterocycles. The summed E-state index contributed by atoms with van der Waals surface area (Å²) in [6.07, 6.45) is 21.4. The van der Waals surface area contributed by atoms with Crippen LogP contribution in [0.5, 0.6) is 11.5 Å². The fourth-order valence-corrected chi connectivity index (χ4v) is 9.83. The van der Waals surface area contributed by atoms with E-state index in [1.54, 1.807) is 0 Å². The molecule has 2 unspecified atom stereocenters. The zero-order valence-electron chi connectivity index (χ0n) is 47.6. The first-order valence-electron chi connectivity index (χ1n) is 28.2. The van der Waals surface area contributed by atoms with Gasteiger partial charge in [-0.2, -0.15) is 0 Å². The minimum Gasteiger partial charge on any atom is -0.491 e. The molecule has 6 aromatic carbocycles. The van der Waals surface area contributed by atoms with Crippen LogP contribution in [0.1, 0.15) is 135 Å². The molecule has 10 nitrogen and oxygen atoms in total. The van der Waals surface area contributed by atoms with Gasteiger partial charge in [0.15, 0.2) is 0 Å². The Morgan fingerprint density at radius 2 is 0.825 bits per heavy atom. The highest BCUT2D eigenvalue weighted by Crippen LogP contribution is 2.36. The predicted molar refractivity (Wildman–Crippen MR) is 331 cm³/mol. The maximum absolute atomic E-state index is 13.2. The molecule has 414 valence electrons. The third-order valence-electron chi connectivity index (χ3n) is 14.2. The molecule has 10 heteroatoms. The molecule has 0 fully saturated rings. The summed E-state index contributed by atoms with van der Waals surface area (Å²) in [4.78, 5) is 26.3. The molecule has 0 saturated carbocycles. The average Bonchev–Trinajstić information content (AvgIpc) is 3.88. The van der Waals surface area contributed by atoms with Crippen molar-refractivity contribution >= 4 is 46.0 Å². The van der Waals surface area contributed by atoms with E-state index in [2.05, 4.69) is 222 Å². The Morgan fingerprint density at radius 1 is 0.412 bits per heavy atom. The van der Waals surface area contributed by atoms with Crippen LogP contribution in [0.2, 0.25) is 0 Å². The molecule has 4 N–H and O–H groups in total. The van der Waals surface area contributed by atoms with E-state index in [9.17, 15) is 9.59 Å². The first-order valence-corrected chi connectivity index (χ1v) is 28.2. The summed E-state index contributed by atoms with van der Waals surface area (Å²) in [6.45, 7) is 19.8. The Kier molecular flexibility index (Phi) is 20.7. The molecule has 0 saturated heterocycles. The van der Waals surface area contributed by atoms with Crippen LogP contribution in [-0.2, 0) is 9.47 Å². The summed E-state index contributed by atoms with van der Waals surface area (Å²) in [5, 5.41) is 12.3. The quantitative estimate of drug-likeness (QED) is 0.0475. The van der Waals surface area contributed by atoms with Crippen molar-refractivity contribution in [3.05, 3.63) is 239 Å². The maximum Gasteiger partial charge on any atom is 0.323 e. The Hall–Kier alpha value is -8.18. The van der Waals surface area contributed by atoms with E-state index < -0.39 is 0 Å². The molecule has 0 spiro atoms. The molecule has 2 atom stereocenters. The number of urea groups is 2. The van der Waals surface area contributed by atoms with Gasteiger partial charge in [0.1, 0.15) is 24.7 Å². The monoisotopic (exact) mass is 1070 g/mol. The van der Waals surface area contributed by atoms with E-state index in [1.165, 1.54) is 0 Å². The average molecular weight is 1070 g/mol. The van der Waals surface area contributed by atoms with Crippen molar-refractivity contribution < 1.29 is 28.5 Å². The number of rotatable bonds is 23. The van der Waals surface area contributed by atoms with Crippen molar-refractivity contribution in [1.29, 1.82) is 0 Å². The largest absolute Gasteiger partial charge is 0.491 e. The third kappa shape index (κ3) is 16.2. The molecule has 0 heterocycles. The number of hydrogen-bond donors (Lipinski definition) is 4. The van der Waals surface area contributed by atoms with E-state index in [0.717, 1.165) is 89.9 Å². The predicted octanol–water partition coefficient (Wildman–Crippen LogP) is 17.5. The number of hydrogen-bond acceptors (Lipinski definition) is 6. The van der Waals surface area contributed by atoms with Crippen molar-refractivity contribution in [3.8, 4) is 11.5 Å². The van der Waals surface area contributed by atoms with Gasteiger partial charge in [-0.3, -0.25) is 0 Å². The summed E-state index contributed by atoms with van der Waals surface area (Å²) in [6, 6.07) is 44.3. The van der Waals surface area contributed by atoms with Gasteiger partial charge in [-0.15, -0.1) is 0 Å². The van der Waals surface area contributed by atoms with Crippen LogP contribution in [0.25, 0.3) is 11.1 Å². The van der Waals surface area contributed by atoms with E-state index >= 15 is 0 Å². The summed E-state index contributed by atoms with van der Waals surface area (Å²) in [5.74, 6) is 2.85. The Balaban J connectivity index is 0.698. The number of carbonyl (C=O) groups is 2. The lowest BCUT2D eigenvalue weighted by Gasteiger charge is -2.20. The molecule has 0 radical (unpaired) electrons. The highest BCUT2D eigenvalue weighted by atomic mass is 16.6. The topological polar surface area (TPSA) is 119 Å². The van der Waals surface area contributed by atoms with Crippen molar-refractivity contribution in [2.45, 2.75) is 90.9 Å². The second-order valence-corrected chi connectivity index (χ2v) is 21.4. The number of ether oxygens (including phenoxy) is 4. The van der Waals surface area contributed by atoms with Crippen LogP contribution in [0.3, 0.4) is 0 Å². The Labute approximate surface area is 474 Å². The summed E-state index contributed by atoms with van der Waals surface area (Å²) in [7, 11) is 0. The Bertz CT molecular complexity index is 3150. The normalized spacial score (nSPS) is 14.9. The van der Waals surface area contributed by atoms with Crippen molar-refractivity contribution in [2.24, 2.45) is 0 Å². The van der Waals surface area contributed by atoms with Crippen LogP contribution in [-0.4, -0.2) is 51.7 Å². The van der Waals surface area contributed by atoms with Gasteiger partial charge in [0.25, 0.3) is 0 Å². The van der Waals surface area contributed by atoms with Gasteiger partial charge in [0, 0.05) is 34.6 Å². The minimum absolute atomic E-state index is 0.0582. The summed E-state index contributed by atoms with van der Waals surface area (Å²) in [5.41, 5.74) is 14.4. The molecule has 0 aliphatic heterocycles. The van der Waals surface area contributed by atoms with Crippen molar-refractivity contribution in [1.82, 2.24) is 0 Å². The van der Waals surface area contributed by atoms with Crippen molar-refractivity contribution in [3.63, 3.8) is 0 Å². The highest BCUT2D eigenvalue weighted by Gasteiger charge is 2.19. The van der Waals surface area contributed by atoms with Crippen LogP contribution in [0, 0.1) is 0 Å². The second kappa shape index (κ2) is 28.6. The van der Waals surface area contributed by atoms with Gasteiger partial charge in [-0.1, -0.05) is 201 Å². The van der Waals surface area contributed by atoms with E-state index in [4.69, 9.17) is 18.9 Å². The van der Waals surface area contributed by atoms with Gasteiger partial charge >= 0.3 is 12.1 Å². The third-order valence-corrected chi connectivity index (χ3v) is 14.2. The first-order chi connectivity index (χ1) is 38.8. The lowest BCUT2D eigenvalue weighted by atomic mass is 9.93. The van der Waals surface area contributed by atoms with E-state index in [1.807, 2.05) is 48.5 Å². The summed E-state index contributed by atoms with van der Waals surface area (Å²) >= 11 is 0. The number of benzene rings is 6. The lowest BCUT2D eigenvalue weighted by molar-refractivity contribution is 0.0273. The molecular formula is C70H78N4O6. The maximum atomic E-state index is 13.2. The molecule has 2 aliphatic carbocycles. The fourth-order valence-electron chi connectivity index (χ4n) is 9.83. The number of amides is 4. The number of carbonyl (C=O) groups excluding carboxylic acids is 2. The molecule has 4 amide bonds. The first kappa shape index (κ1) is 58.0. The smallest absolute Gasteiger partial charge is 0.323 e. The molecule has 0 bridgehead atoms. The van der Waals surface area contributed by atoms with Gasteiger partial charge in [-0.05, 0) is 128 Å². The van der Waals surface area contributed by atoms with Gasteiger partial charge in [-0.25, -0.2) is 9.59 Å². The Morgan fingerprint density at radius 3 is 1.27 bits per heavy atom. The van der Waals surface area contributed by atoms with E-state index in [-0.39, 0.29) is 47.6 Å². The molecule has 8 rings (SSSR count). The second-order valence-electron chi connectivity index (χ2n) is 21.4. The van der Waals surface area contributed by atoms with Crippen LogP contribution in [0.15, 0.2) is 194 Å². The minimum atomic E-state index is -0.254. The standard InChI is InChI=1S/C70H78N4O6/c1-47(2)63-18-12-19-64(48(3)4)67(63)73-69(75)71-59-32-24-53(25-33-59)51-16-11-17-52(23-22-51)54-28-36-61(37-29-54)79-44-42-77-40-41-78-43-45-80-62-38-30-56(31-39-62)58-15-10-9-14-57(46-58)55-26-34-60(35-27-55)72-70(76)74-68-65(49(5)6)20-13-21-66(68)50(7)8/h9-39,46-51,57H,40-45H2,1-8H3,(H2,71,73,75)(H2,72,74,76). The van der Waals surface area contributed by atoms with Crippen LogP contribution >= 0.6 is 0 Å². The lowest BCUT2D eigenvalue weighted by Crippen LogP contribution is -2.21. The molecule has 80 heavy (non-hydrogen) atoms. The number of anilines is 4. The van der Waals surface area contributed by atoms with Gasteiger partial charge in [0.05, 0.1) is 26.4 Å². The van der Waals surface area contributed by atoms with E-state index in [0.29, 0.717) is 39.6 Å². The summed E-state index contributed by atoms with van der Waals surface area (Å²) < 4.78 is 23.5. The van der Waals surface area contributed by atoms with Gasteiger partial charge < -0.3 is 40.2 Å². The van der Waals surface area contributed by atoms with Crippen molar-refractivity contribution in [2.75, 3.05) is 60.9 Å². The zero-order valence-corrected chi connectivity index (χ0v) is 47.6. The highest BCUT2D eigenvalue weighted by molar-refractivity contribution is 6.02. The van der Waals surface area contributed by atoms with Crippen LogP contribution < -0.4 is 30.7 Å². The number of allylic oxidation sites excluding steroid dienone is 12. The van der Waals surface area contributed by atoms with Gasteiger partial charge in [0.2, 0.25) is 0 Å². The van der Waals surface area contributed by atoms with Crippen LogP contribution in [0.4, 0.5) is 32.3 Å².